The summed E-state index contributed by atoms with van der Waals surface area (Å²) in [6, 6.07) is 63.6. The van der Waals surface area contributed by atoms with Gasteiger partial charge >= 0.3 is 0 Å². The molecule has 2 aromatic heterocycles. The predicted octanol–water partition coefficient (Wildman–Crippen LogP) is 12.6. The van der Waals surface area contributed by atoms with Crippen LogP contribution in [-0.4, -0.2) is 9.13 Å². The maximum atomic E-state index is 2.46. The molecule has 0 spiro atoms. The lowest BCUT2D eigenvalue weighted by atomic mass is 9.96. The first-order valence-electron chi connectivity index (χ1n) is 18.7. The van der Waals surface area contributed by atoms with E-state index < -0.39 is 0 Å². The van der Waals surface area contributed by atoms with Crippen molar-refractivity contribution in [2.75, 3.05) is 0 Å². The second kappa shape index (κ2) is 10.9. The molecule has 0 bridgehead atoms. The molecule has 0 N–H and O–H groups in total. The third kappa shape index (κ3) is 4.27. The monoisotopic (exact) mass is 674 g/mol. The number of fused-ring (bicyclic) bond motifs is 12. The van der Waals surface area contributed by atoms with Crippen LogP contribution in [0.4, 0.5) is 0 Å². The van der Waals surface area contributed by atoms with Crippen molar-refractivity contribution >= 4 is 43.6 Å². The normalized spacial score (nSPS) is 12.8. The molecule has 0 fully saturated rings. The van der Waals surface area contributed by atoms with Crippen molar-refractivity contribution in [3.63, 3.8) is 0 Å². The molecule has 2 nitrogen and oxygen atoms in total. The van der Waals surface area contributed by atoms with E-state index in [9.17, 15) is 0 Å². The Kier molecular flexibility index (Phi) is 5.98. The second-order valence-electron chi connectivity index (χ2n) is 14.9. The topological polar surface area (TPSA) is 9.86 Å². The van der Waals surface area contributed by atoms with Crippen LogP contribution in [0.2, 0.25) is 0 Å². The van der Waals surface area contributed by atoms with E-state index in [-0.39, 0.29) is 0 Å². The van der Waals surface area contributed by atoms with Crippen molar-refractivity contribution < 1.29 is 0 Å². The van der Waals surface area contributed by atoms with Crippen molar-refractivity contribution in [2.24, 2.45) is 0 Å². The number of nitrogens with zero attached hydrogens (tertiary/aromatic N) is 2. The molecule has 0 aliphatic heterocycles. The SMILES string of the molecule is c1ccc2c(c1)c1ccccc1n2-c1ccc2c(c1)-c1cc(Cc3ccc4c(c3)-c3cc(-n5c6ccccc6c6ccccc65)ccc3C4)ccc1C2. The first kappa shape index (κ1) is 29.0. The highest BCUT2D eigenvalue weighted by molar-refractivity contribution is 6.10. The third-order valence-electron chi connectivity index (χ3n) is 12.0. The van der Waals surface area contributed by atoms with E-state index in [2.05, 4.69) is 179 Å². The fraction of sp³-hybridized carbons (Fsp3) is 0.0588. The Morgan fingerprint density at radius 2 is 0.642 bits per heavy atom. The number of aromatic nitrogens is 2. The van der Waals surface area contributed by atoms with Crippen molar-refractivity contribution in [3.8, 4) is 33.6 Å². The molecule has 8 aromatic carbocycles. The van der Waals surface area contributed by atoms with Crippen LogP contribution < -0.4 is 0 Å². The molecule has 0 saturated carbocycles. The van der Waals surface area contributed by atoms with Crippen LogP contribution in [0.15, 0.2) is 170 Å². The summed E-state index contributed by atoms with van der Waals surface area (Å²) < 4.78 is 4.86. The summed E-state index contributed by atoms with van der Waals surface area (Å²) in [5, 5.41) is 5.19. The van der Waals surface area contributed by atoms with Crippen LogP contribution in [0, 0.1) is 0 Å². The Morgan fingerprint density at radius 1 is 0.321 bits per heavy atom. The van der Waals surface area contributed by atoms with Crippen LogP contribution in [0.5, 0.6) is 0 Å². The molecule has 2 heterocycles. The summed E-state index contributed by atoms with van der Waals surface area (Å²) in [5.41, 5.74) is 21.3. The Morgan fingerprint density at radius 3 is 1.02 bits per heavy atom. The van der Waals surface area contributed by atoms with Gasteiger partial charge in [0, 0.05) is 32.9 Å². The van der Waals surface area contributed by atoms with Gasteiger partial charge < -0.3 is 9.13 Å². The fourth-order valence-electron chi connectivity index (χ4n) is 9.54. The van der Waals surface area contributed by atoms with E-state index in [0.29, 0.717) is 0 Å². The molecular weight excluding hydrogens is 641 g/mol. The summed E-state index contributed by atoms with van der Waals surface area (Å²) >= 11 is 0. The van der Waals surface area contributed by atoms with Crippen molar-refractivity contribution in [1.29, 1.82) is 0 Å². The van der Waals surface area contributed by atoms with Crippen LogP contribution in [0.25, 0.3) is 77.2 Å². The molecule has 53 heavy (non-hydrogen) atoms. The zero-order chi connectivity index (χ0) is 34.6. The van der Waals surface area contributed by atoms with E-state index in [1.807, 2.05) is 0 Å². The number of hydrogen-bond donors (Lipinski definition) is 0. The molecule has 0 unspecified atom stereocenters. The van der Waals surface area contributed by atoms with Gasteiger partial charge in [0.25, 0.3) is 0 Å². The molecule has 2 aliphatic carbocycles. The largest absolute Gasteiger partial charge is 0.309 e. The lowest BCUT2D eigenvalue weighted by Gasteiger charge is -2.12. The second-order valence-corrected chi connectivity index (χ2v) is 14.9. The molecule has 2 heteroatoms. The molecule has 0 amide bonds. The average molecular weight is 675 g/mol. The van der Waals surface area contributed by atoms with Gasteiger partial charge in [0.05, 0.1) is 22.1 Å². The van der Waals surface area contributed by atoms with Crippen molar-refractivity contribution in [2.45, 2.75) is 19.3 Å². The van der Waals surface area contributed by atoms with Gasteiger partial charge in [-0.25, -0.2) is 0 Å². The third-order valence-corrected chi connectivity index (χ3v) is 12.0. The van der Waals surface area contributed by atoms with Gasteiger partial charge in [0.15, 0.2) is 0 Å². The highest BCUT2D eigenvalue weighted by Gasteiger charge is 2.23. The van der Waals surface area contributed by atoms with Gasteiger partial charge in [-0.2, -0.15) is 0 Å². The Balaban J connectivity index is 0.907. The highest BCUT2D eigenvalue weighted by atomic mass is 15.0. The number of rotatable bonds is 4. The lowest BCUT2D eigenvalue weighted by Crippen LogP contribution is -1.95. The molecule has 248 valence electrons. The number of hydrogen-bond acceptors (Lipinski definition) is 0. The molecule has 0 saturated heterocycles. The first-order valence-corrected chi connectivity index (χ1v) is 18.7. The standard InChI is InChI=1S/C51H34N2/c1-5-13-48-40(9-1)41-10-2-6-14-49(41)52(48)38-23-21-36-28-34-19-17-32(26-44(34)46(36)30-38)25-33-18-20-35-29-37-22-24-39(31-47(37)45(35)27-33)53-50-15-7-3-11-42(50)43-12-4-8-16-51(43)53/h1-24,26-27,30-31H,25,28-29H2. The van der Waals surface area contributed by atoms with Crippen LogP contribution >= 0.6 is 0 Å². The van der Waals surface area contributed by atoms with E-state index in [4.69, 9.17) is 0 Å². The maximum Gasteiger partial charge on any atom is 0.0541 e. The Hall–Kier alpha value is -6.64. The van der Waals surface area contributed by atoms with Gasteiger partial charge in [0.2, 0.25) is 0 Å². The number of benzene rings is 8. The number of para-hydroxylation sites is 4. The van der Waals surface area contributed by atoms with E-state index in [0.717, 1.165) is 19.3 Å². The smallest absolute Gasteiger partial charge is 0.0541 e. The van der Waals surface area contributed by atoms with Gasteiger partial charge in [0.1, 0.15) is 0 Å². The van der Waals surface area contributed by atoms with Gasteiger partial charge in [-0.05, 0) is 123 Å². The van der Waals surface area contributed by atoms with E-state index >= 15 is 0 Å². The minimum Gasteiger partial charge on any atom is -0.309 e. The Labute approximate surface area is 307 Å². The zero-order valence-electron chi connectivity index (χ0n) is 29.2. The molecule has 0 atom stereocenters. The minimum absolute atomic E-state index is 0.907. The van der Waals surface area contributed by atoms with Gasteiger partial charge in [-0.15, -0.1) is 0 Å². The molecule has 2 aliphatic rings. The van der Waals surface area contributed by atoms with Crippen molar-refractivity contribution in [3.05, 3.63) is 203 Å². The van der Waals surface area contributed by atoms with Crippen LogP contribution in [0.3, 0.4) is 0 Å². The van der Waals surface area contributed by atoms with Crippen molar-refractivity contribution in [1.82, 2.24) is 9.13 Å². The van der Waals surface area contributed by atoms with E-state index in [1.54, 1.807) is 0 Å². The average Bonchev–Trinajstić information content (AvgIpc) is 3.95. The fourth-order valence-corrected chi connectivity index (χ4v) is 9.54. The predicted molar refractivity (Wildman–Crippen MR) is 221 cm³/mol. The molecule has 10 aromatic rings. The molecular formula is C51H34N2. The summed E-state index contributed by atoms with van der Waals surface area (Å²) in [4.78, 5) is 0. The zero-order valence-corrected chi connectivity index (χ0v) is 29.2. The molecule has 12 rings (SSSR count). The quantitative estimate of drug-likeness (QED) is 0.176. The van der Waals surface area contributed by atoms with Crippen LogP contribution in [-0.2, 0) is 19.3 Å². The van der Waals surface area contributed by atoms with Gasteiger partial charge in [-0.3, -0.25) is 0 Å². The maximum absolute atomic E-state index is 2.46. The summed E-state index contributed by atoms with van der Waals surface area (Å²) in [7, 11) is 0. The van der Waals surface area contributed by atoms with E-state index in [1.165, 1.54) is 111 Å². The first-order chi connectivity index (χ1) is 26.2. The lowest BCUT2D eigenvalue weighted by molar-refractivity contribution is 1.17. The summed E-state index contributed by atoms with van der Waals surface area (Å²) in [5.74, 6) is 0. The summed E-state index contributed by atoms with van der Waals surface area (Å²) in [6.45, 7) is 0. The molecule has 0 radical (unpaired) electrons. The highest BCUT2D eigenvalue weighted by Crippen LogP contribution is 2.43. The van der Waals surface area contributed by atoms with Crippen LogP contribution in [0.1, 0.15) is 33.4 Å². The summed E-state index contributed by atoms with van der Waals surface area (Å²) in [6.07, 6.45) is 2.88. The Bertz CT molecular complexity index is 2830. The van der Waals surface area contributed by atoms with Gasteiger partial charge in [-0.1, -0.05) is 121 Å². The minimum atomic E-state index is 0.907.